The fraction of sp³-hybridized carbons (Fsp3) is 0.467. The van der Waals surface area contributed by atoms with Gasteiger partial charge in [0.1, 0.15) is 0 Å². The molecule has 0 aromatic heterocycles. The van der Waals surface area contributed by atoms with Crippen molar-refractivity contribution in [2.45, 2.75) is 32.8 Å². The third kappa shape index (κ3) is 3.17. The molecule has 0 fully saturated rings. The molecule has 1 N–H and O–H groups in total. The van der Waals surface area contributed by atoms with E-state index in [-0.39, 0.29) is 19.8 Å². The Hall–Kier alpha value is -1.88. The summed E-state index contributed by atoms with van der Waals surface area (Å²) in [6.45, 7) is 5.11. The zero-order chi connectivity index (χ0) is 15.2. The number of esters is 2. The van der Waals surface area contributed by atoms with Crippen molar-refractivity contribution < 1.29 is 24.2 Å². The first-order chi connectivity index (χ1) is 9.50. The summed E-state index contributed by atoms with van der Waals surface area (Å²) in [6.07, 6.45) is 0. The third-order valence-corrected chi connectivity index (χ3v) is 3.08. The van der Waals surface area contributed by atoms with E-state index in [1.807, 2.05) is 0 Å². The van der Waals surface area contributed by atoms with Gasteiger partial charge >= 0.3 is 11.9 Å². The fourth-order valence-electron chi connectivity index (χ4n) is 1.81. The lowest BCUT2D eigenvalue weighted by atomic mass is 9.82. The molecule has 5 heteroatoms. The first kappa shape index (κ1) is 16.2. The average Bonchev–Trinajstić information content (AvgIpc) is 2.47. The molecule has 0 heterocycles. The normalized spacial score (nSPS) is 11.0. The number of hydrogen-bond donors (Lipinski definition) is 1. The summed E-state index contributed by atoms with van der Waals surface area (Å²) in [5, 5.41) is 9.03. The molecule has 1 aromatic carbocycles. The van der Waals surface area contributed by atoms with Crippen LogP contribution in [-0.2, 0) is 31.1 Å². The highest BCUT2D eigenvalue weighted by molar-refractivity contribution is 6.05. The first-order valence-electron chi connectivity index (χ1n) is 6.55. The van der Waals surface area contributed by atoms with Gasteiger partial charge in [0.2, 0.25) is 0 Å². The zero-order valence-electron chi connectivity index (χ0n) is 12.0. The van der Waals surface area contributed by atoms with Crippen LogP contribution in [0.15, 0.2) is 24.3 Å². The standard InChI is InChI=1S/C15H20O5/c1-4-19-13(17)15(3,14(18)20-5-2)12-8-6-11(10-16)7-9-12/h6-9,16H,4-5,10H2,1-3H3. The van der Waals surface area contributed by atoms with Crippen molar-refractivity contribution in [3.63, 3.8) is 0 Å². The van der Waals surface area contributed by atoms with Crippen LogP contribution in [0, 0.1) is 0 Å². The molecule has 0 amide bonds. The van der Waals surface area contributed by atoms with Gasteiger partial charge in [-0.05, 0) is 31.9 Å². The molecule has 1 rings (SSSR count). The Kier molecular flexibility index (Phi) is 5.70. The van der Waals surface area contributed by atoms with Crippen LogP contribution in [-0.4, -0.2) is 30.3 Å². The van der Waals surface area contributed by atoms with Gasteiger partial charge < -0.3 is 14.6 Å². The van der Waals surface area contributed by atoms with Gasteiger partial charge in [0.15, 0.2) is 5.41 Å². The summed E-state index contributed by atoms with van der Waals surface area (Å²) < 4.78 is 9.99. The fourth-order valence-corrected chi connectivity index (χ4v) is 1.81. The maximum atomic E-state index is 12.2. The number of ether oxygens (including phenoxy) is 2. The summed E-state index contributed by atoms with van der Waals surface area (Å²) in [6, 6.07) is 6.57. The van der Waals surface area contributed by atoms with Gasteiger partial charge in [0.05, 0.1) is 19.8 Å². The lowest BCUT2D eigenvalue weighted by Crippen LogP contribution is -2.43. The van der Waals surface area contributed by atoms with E-state index in [1.165, 1.54) is 6.92 Å². The molecule has 0 bridgehead atoms. The van der Waals surface area contributed by atoms with Crippen molar-refractivity contribution in [2.24, 2.45) is 0 Å². The van der Waals surface area contributed by atoms with Crippen molar-refractivity contribution in [2.75, 3.05) is 13.2 Å². The van der Waals surface area contributed by atoms with Crippen LogP contribution in [0.1, 0.15) is 31.9 Å². The Morgan fingerprint density at radius 3 is 1.85 bits per heavy atom. The predicted molar refractivity (Wildman–Crippen MR) is 73.0 cm³/mol. The number of benzene rings is 1. The van der Waals surface area contributed by atoms with Crippen LogP contribution < -0.4 is 0 Å². The largest absolute Gasteiger partial charge is 0.465 e. The van der Waals surface area contributed by atoms with Gasteiger partial charge in [-0.3, -0.25) is 9.59 Å². The molecule has 0 atom stereocenters. The minimum atomic E-state index is -1.50. The Morgan fingerprint density at radius 2 is 1.50 bits per heavy atom. The molecule has 1 aromatic rings. The van der Waals surface area contributed by atoms with Crippen LogP contribution in [0.2, 0.25) is 0 Å². The minimum Gasteiger partial charge on any atom is -0.465 e. The van der Waals surface area contributed by atoms with Gasteiger partial charge in [-0.2, -0.15) is 0 Å². The Morgan fingerprint density at radius 1 is 1.05 bits per heavy atom. The first-order valence-corrected chi connectivity index (χ1v) is 6.55. The van der Waals surface area contributed by atoms with E-state index in [1.54, 1.807) is 38.1 Å². The minimum absolute atomic E-state index is 0.101. The van der Waals surface area contributed by atoms with E-state index < -0.39 is 17.4 Å². The maximum absolute atomic E-state index is 12.2. The van der Waals surface area contributed by atoms with Crippen LogP contribution in [0.5, 0.6) is 0 Å². The topological polar surface area (TPSA) is 72.8 Å². The predicted octanol–water partition coefficient (Wildman–Crippen LogP) is 1.56. The molecule has 110 valence electrons. The number of aliphatic hydroxyl groups excluding tert-OH is 1. The van der Waals surface area contributed by atoms with Crippen molar-refractivity contribution in [1.29, 1.82) is 0 Å². The number of aliphatic hydroxyl groups is 1. The molecule has 0 saturated heterocycles. The molecule has 0 aliphatic rings. The Balaban J connectivity index is 3.20. The monoisotopic (exact) mass is 280 g/mol. The van der Waals surface area contributed by atoms with Gasteiger partial charge in [-0.15, -0.1) is 0 Å². The average molecular weight is 280 g/mol. The van der Waals surface area contributed by atoms with E-state index in [0.29, 0.717) is 11.1 Å². The van der Waals surface area contributed by atoms with Gasteiger partial charge in [0.25, 0.3) is 0 Å². The van der Waals surface area contributed by atoms with E-state index >= 15 is 0 Å². The maximum Gasteiger partial charge on any atom is 0.327 e. The van der Waals surface area contributed by atoms with E-state index in [0.717, 1.165) is 0 Å². The summed E-state index contributed by atoms with van der Waals surface area (Å²) in [7, 11) is 0. The number of hydrogen-bond acceptors (Lipinski definition) is 5. The molecular formula is C15H20O5. The highest BCUT2D eigenvalue weighted by Gasteiger charge is 2.46. The van der Waals surface area contributed by atoms with Crippen molar-refractivity contribution in [3.05, 3.63) is 35.4 Å². The van der Waals surface area contributed by atoms with Gasteiger partial charge in [-0.1, -0.05) is 24.3 Å². The summed E-state index contributed by atoms with van der Waals surface area (Å²) in [4.78, 5) is 24.3. The van der Waals surface area contributed by atoms with Crippen LogP contribution in [0.4, 0.5) is 0 Å². The second kappa shape index (κ2) is 7.05. The quantitative estimate of drug-likeness (QED) is 0.632. The van der Waals surface area contributed by atoms with Crippen molar-refractivity contribution in [1.82, 2.24) is 0 Å². The second-order valence-corrected chi connectivity index (χ2v) is 4.42. The molecule has 0 radical (unpaired) electrons. The van der Waals surface area contributed by atoms with Gasteiger partial charge in [0, 0.05) is 0 Å². The Bertz CT molecular complexity index is 446. The number of rotatable bonds is 6. The molecule has 0 aliphatic carbocycles. The lowest BCUT2D eigenvalue weighted by Gasteiger charge is -2.25. The smallest absolute Gasteiger partial charge is 0.327 e. The van der Waals surface area contributed by atoms with E-state index in [4.69, 9.17) is 14.6 Å². The summed E-state index contributed by atoms with van der Waals surface area (Å²) in [5.74, 6) is -1.29. The molecular weight excluding hydrogens is 260 g/mol. The number of carbonyl (C=O) groups is 2. The summed E-state index contributed by atoms with van der Waals surface area (Å²) >= 11 is 0. The van der Waals surface area contributed by atoms with Gasteiger partial charge in [-0.25, -0.2) is 0 Å². The van der Waals surface area contributed by atoms with Crippen molar-refractivity contribution >= 4 is 11.9 Å². The van der Waals surface area contributed by atoms with Crippen molar-refractivity contribution in [3.8, 4) is 0 Å². The second-order valence-electron chi connectivity index (χ2n) is 4.42. The SMILES string of the molecule is CCOC(=O)C(C)(C(=O)OCC)c1ccc(CO)cc1. The van der Waals surface area contributed by atoms with E-state index in [9.17, 15) is 9.59 Å². The molecule has 0 aliphatic heterocycles. The number of carbonyl (C=O) groups excluding carboxylic acids is 2. The molecule has 0 saturated carbocycles. The highest BCUT2D eigenvalue weighted by Crippen LogP contribution is 2.28. The molecule has 5 nitrogen and oxygen atoms in total. The molecule has 0 unspecified atom stereocenters. The zero-order valence-corrected chi connectivity index (χ0v) is 12.0. The van der Waals surface area contributed by atoms with E-state index in [2.05, 4.69) is 0 Å². The van der Waals surface area contributed by atoms with Crippen LogP contribution in [0.25, 0.3) is 0 Å². The Labute approximate surface area is 118 Å². The molecule has 0 spiro atoms. The van der Waals surface area contributed by atoms with Crippen LogP contribution >= 0.6 is 0 Å². The highest BCUT2D eigenvalue weighted by atomic mass is 16.6. The van der Waals surface area contributed by atoms with Crippen LogP contribution in [0.3, 0.4) is 0 Å². The third-order valence-electron chi connectivity index (χ3n) is 3.08. The summed E-state index contributed by atoms with van der Waals surface area (Å²) in [5.41, 5.74) is -0.324. The lowest BCUT2D eigenvalue weighted by molar-refractivity contribution is -0.163. The molecule has 20 heavy (non-hydrogen) atoms.